The van der Waals surface area contributed by atoms with Crippen molar-refractivity contribution >= 4 is 5.91 Å². The van der Waals surface area contributed by atoms with E-state index in [0.29, 0.717) is 5.56 Å². The van der Waals surface area contributed by atoms with E-state index in [4.69, 9.17) is 0 Å². The van der Waals surface area contributed by atoms with Gasteiger partial charge in [-0.15, -0.1) is 0 Å². The lowest BCUT2D eigenvalue weighted by molar-refractivity contribution is -0.125. The first-order valence-corrected chi connectivity index (χ1v) is 7.56. The second-order valence-electron chi connectivity index (χ2n) is 5.84. The number of hydrogen-bond donors (Lipinski definition) is 2. The van der Waals surface area contributed by atoms with E-state index in [1.165, 1.54) is 18.2 Å². The molecule has 1 aromatic heterocycles. The summed E-state index contributed by atoms with van der Waals surface area (Å²) in [7, 11) is 0. The number of aromatic nitrogens is 2. The first-order chi connectivity index (χ1) is 10.8. The molecule has 124 valence electrons. The monoisotopic (exact) mass is 319 g/mol. The fourth-order valence-electron chi connectivity index (χ4n) is 2.55. The zero-order valence-corrected chi connectivity index (χ0v) is 13.7. The number of nitrogens with zero attached hydrogens (tertiary/aromatic N) is 2. The highest BCUT2D eigenvalue weighted by Gasteiger charge is 2.23. The number of benzene rings is 1. The van der Waals surface area contributed by atoms with Gasteiger partial charge in [0.25, 0.3) is 0 Å². The topological polar surface area (TPSA) is 67.2 Å². The third kappa shape index (κ3) is 3.96. The molecule has 1 aromatic carbocycles. The largest absolute Gasteiger partial charge is 0.386 e. The van der Waals surface area contributed by atoms with E-state index in [1.54, 1.807) is 24.6 Å². The minimum atomic E-state index is -0.984. The lowest BCUT2D eigenvalue weighted by Gasteiger charge is -2.23. The van der Waals surface area contributed by atoms with Gasteiger partial charge in [0.05, 0.1) is 17.8 Å². The number of aryl methyl sites for hydroxylation is 2. The zero-order valence-electron chi connectivity index (χ0n) is 13.7. The minimum Gasteiger partial charge on any atom is -0.386 e. The van der Waals surface area contributed by atoms with E-state index >= 15 is 0 Å². The van der Waals surface area contributed by atoms with Crippen LogP contribution < -0.4 is 5.32 Å². The molecule has 5 nitrogen and oxygen atoms in total. The molecule has 0 fully saturated rings. The molecule has 0 saturated heterocycles. The van der Waals surface area contributed by atoms with Gasteiger partial charge in [0.15, 0.2) is 0 Å². The van der Waals surface area contributed by atoms with Gasteiger partial charge in [0.1, 0.15) is 11.9 Å². The average Bonchev–Trinajstić information content (AvgIpc) is 2.84. The van der Waals surface area contributed by atoms with Crippen molar-refractivity contribution in [3.05, 3.63) is 53.1 Å². The molecule has 0 saturated carbocycles. The highest BCUT2D eigenvalue weighted by atomic mass is 19.1. The third-order valence-electron chi connectivity index (χ3n) is 3.82. The van der Waals surface area contributed by atoms with E-state index < -0.39 is 24.0 Å². The molecule has 1 heterocycles. The Bertz CT molecular complexity index is 699. The van der Waals surface area contributed by atoms with Crippen LogP contribution in [-0.4, -0.2) is 26.8 Å². The smallest absolute Gasteiger partial charge is 0.244 e. The van der Waals surface area contributed by atoms with E-state index in [1.807, 2.05) is 19.9 Å². The summed E-state index contributed by atoms with van der Waals surface area (Å²) < 4.78 is 14.9. The Morgan fingerprint density at radius 3 is 2.57 bits per heavy atom. The van der Waals surface area contributed by atoms with Crippen LogP contribution in [0.3, 0.4) is 0 Å². The number of amides is 1. The van der Waals surface area contributed by atoms with Crippen molar-refractivity contribution in [3.63, 3.8) is 0 Å². The number of carbonyl (C=O) groups is 1. The predicted molar refractivity (Wildman–Crippen MR) is 85.4 cm³/mol. The molecule has 0 aliphatic rings. The molecule has 0 spiro atoms. The van der Waals surface area contributed by atoms with Crippen LogP contribution in [0.15, 0.2) is 30.3 Å². The standard InChI is InChI=1S/C17H22FN3O2/c1-10-8-11(2)21(20-10)13(4)17(23)19-12(3)16(22)14-6-5-7-15(18)9-14/h5-9,12-13,16,22H,1-4H3,(H,19,23)/t12-,13+,16-/m0/s1. The lowest BCUT2D eigenvalue weighted by Crippen LogP contribution is -2.41. The first kappa shape index (κ1) is 17.1. The summed E-state index contributed by atoms with van der Waals surface area (Å²) in [6.07, 6.45) is -0.984. The number of halogens is 1. The Balaban J connectivity index is 2.05. The van der Waals surface area contributed by atoms with E-state index in [0.717, 1.165) is 11.4 Å². The van der Waals surface area contributed by atoms with Crippen molar-refractivity contribution < 1.29 is 14.3 Å². The maximum atomic E-state index is 13.2. The lowest BCUT2D eigenvalue weighted by atomic mass is 10.0. The van der Waals surface area contributed by atoms with Gasteiger partial charge in [-0.2, -0.15) is 5.10 Å². The maximum absolute atomic E-state index is 13.2. The summed E-state index contributed by atoms with van der Waals surface area (Å²) in [6, 6.07) is 6.58. The normalized spacial score (nSPS) is 15.0. The van der Waals surface area contributed by atoms with Crippen LogP contribution >= 0.6 is 0 Å². The Kier molecular flexibility index (Phi) is 5.15. The Labute approximate surface area is 135 Å². The van der Waals surface area contributed by atoms with E-state index in [2.05, 4.69) is 10.4 Å². The van der Waals surface area contributed by atoms with Crippen molar-refractivity contribution in [1.29, 1.82) is 0 Å². The maximum Gasteiger partial charge on any atom is 0.244 e. The van der Waals surface area contributed by atoms with Crippen molar-refractivity contribution in [2.24, 2.45) is 0 Å². The Morgan fingerprint density at radius 1 is 1.30 bits per heavy atom. The van der Waals surface area contributed by atoms with Gasteiger partial charge >= 0.3 is 0 Å². The summed E-state index contributed by atoms with van der Waals surface area (Å²) in [5, 5.41) is 17.3. The molecule has 0 radical (unpaired) electrons. The van der Waals surface area contributed by atoms with Gasteiger partial charge in [-0.05, 0) is 51.5 Å². The second-order valence-corrected chi connectivity index (χ2v) is 5.84. The first-order valence-electron chi connectivity index (χ1n) is 7.56. The summed E-state index contributed by atoms with van der Waals surface area (Å²) in [5.41, 5.74) is 2.16. The molecule has 2 N–H and O–H groups in total. The van der Waals surface area contributed by atoms with Gasteiger partial charge < -0.3 is 10.4 Å². The molecule has 2 rings (SSSR count). The molecule has 0 bridgehead atoms. The summed E-state index contributed by atoms with van der Waals surface area (Å²) >= 11 is 0. The van der Waals surface area contributed by atoms with E-state index in [9.17, 15) is 14.3 Å². The number of aliphatic hydroxyl groups excluding tert-OH is 1. The van der Waals surface area contributed by atoms with Crippen LogP contribution in [0.5, 0.6) is 0 Å². The van der Waals surface area contributed by atoms with Crippen LogP contribution in [0.1, 0.15) is 42.9 Å². The number of carbonyl (C=O) groups excluding carboxylic acids is 1. The number of aliphatic hydroxyl groups is 1. The van der Waals surface area contributed by atoms with Crippen molar-refractivity contribution in [2.75, 3.05) is 0 Å². The molecular weight excluding hydrogens is 297 g/mol. The van der Waals surface area contributed by atoms with Crippen LogP contribution in [0.25, 0.3) is 0 Å². The highest BCUT2D eigenvalue weighted by Crippen LogP contribution is 2.19. The fourth-order valence-corrected chi connectivity index (χ4v) is 2.55. The van der Waals surface area contributed by atoms with Crippen LogP contribution in [0.4, 0.5) is 4.39 Å². The molecule has 1 amide bonds. The summed E-state index contributed by atoms with van der Waals surface area (Å²) in [6.45, 7) is 7.18. The predicted octanol–water partition coefficient (Wildman–Crippen LogP) is 2.44. The van der Waals surface area contributed by atoms with Gasteiger partial charge in [-0.3, -0.25) is 9.48 Å². The summed E-state index contributed by atoms with van der Waals surface area (Å²) in [4.78, 5) is 12.4. The summed E-state index contributed by atoms with van der Waals surface area (Å²) in [5.74, 6) is -0.671. The quantitative estimate of drug-likeness (QED) is 0.889. The molecule has 0 unspecified atom stereocenters. The number of rotatable bonds is 5. The van der Waals surface area contributed by atoms with Crippen molar-refractivity contribution in [3.8, 4) is 0 Å². The molecule has 0 aliphatic heterocycles. The van der Waals surface area contributed by atoms with Gasteiger partial charge in [0.2, 0.25) is 5.91 Å². The Morgan fingerprint density at radius 2 is 2.00 bits per heavy atom. The second kappa shape index (κ2) is 6.91. The van der Waals surface area contributed by atoms with Crippen molar-refractivity contribution in [2.45, 2.75) is 45.9 Å². The van der Waals surface area contributed by atoms with Crippen LogP contribution in [-0.2, 0) is 4.79 Å². The average molecular weight is 319 g/mol. The minimum absolute atomic E-state index is 0.251. The van der Waals surface area contributed by atoms with Crippen molar-refractivity contribution in [1.82, 2.24) is 15.1 Å². The van der Waals surface area contributed by atoms with E-state index in [-0.39, 0.29) is 5.91 Å². The molecule has 2 aromatic rings. The zero-order chi connectivity index (χ0) is 17.1. The van der Waals surface area contributed by atoms with Crippen LogP contribution in [0, 0.1) is 19.7 Å². The molecule has 6 heteroatoms. The Hall–Kier alpha value is -2.21. The van der Waals surface area contributed by atoms with Gasteiger partial charge in [-0.1, -0.05) is 12.1 Å². The van der Waals surface area contributed by atoms with Crippen LogP contribution in [0.2, 0.25) is 0 Å². The molecular formula is C17H22FN3O2. The highest BCUT2D eigenvalue weighted by molar-refractivity contribution is 5.80. The van der Waals surface area contributed by atoms with Gasteiger partial charge in [-0.25, -0.2) is 4.39 Å². The SMILES string of the molecule is Cc1cc(C)n([C@H](C)C(=O)N[C@@H](C)[C@H](O)c2cccc(F)c2)n1. The van der Waals surface area contributed by atoms with Gasteiger partial charge in [0, 0.05) is 5.69 Å². The number of hydrogen-bond acceptors (Lipinski definition) is 3. The number of nitrogens with one attached hydrogen (secondary N) is 1. The molecule has 0 aliphatic carbocycles. The molecule has 23 heavy (non-hydrogen) atoms. The molecule has 3 atom stereocenters. The third-order valence-corrected chi connectivity index (χ3v) is 3.82. The fraction of sp³-hybridized carbons (Fsp3) is 0.412.